The quantitative estimate of drug-likeness (QED) is 0.627. The van der Waals surface area contributed by atoms with Crippen molar-refractivity contribution in [1.82, 2.24) is 0 Å². The van der Waals surface area contributed by atoms with Crippen molar-refractivity contribution in [1.29, 1.82) is 0 Å². The maximum atomic E-state index is 12.0. The van der Waals surface area contributed by atoms with Crippen LogP contribution in [0.4, 0.5) is 0 Å². The number of rotatable bonds is 1. The molecule has 6 saturated carbocycles. The van der Waals surface area contributed by atoms with E-state index in [1.54, 1.807) is 0 Å². The SMILES string of the molecule is COC(=O)C12C3C4C5C[C@@H](O)C(C43)C1C52. The third kappa shape index (κ3) is 0.465. The number of aliphatic hydroxyl groups is 1. The predicted molar refractivity (Wildman–Crippen MR) is 49.5 cm³/mol. The lowest BCUT2D eigenvalue weighted by Gasteiger charge is -2.38. The summed E-state index contributed by atoms with van der Waals surface area (Å²) in [5.74, 6) is 4.32. The smallest absolute Gasteiger partial charge is 0.312 e. The summed E-state index contributed by atoms with van der Waals surface area (Å²) in [7, 11) is 1.51. The third-order valence-electron chi connectivity index (χ3n) is 6.38. The zero-order chi connectivity index (χ0) is 10.1. The van der Waals surface area contributed by atoms with Crippen LogP contribution in [0.5, 0.6) is 0 Å². The van der Waals surface area contributed by atoms with Crippen LogP contribution in [-0.4, -0.2) is 24.3 Å². The molecule has 15 heavy (non-hydrogen) atoms. The van der Waals surface area contributed by atoms with Gasteiger partial charge in [-0.3, -0.25) is 4.79 Å². The third-order valence-corrected chi connectivity index (χ3v) is 6.38. The topological polar surface area (TPSA) is 46.5 Å². The van der Waals surface area contributed by atoms with E-state index in [0.29, 0.717) is 35.5 Å². The predicted octanol–water partition coefficient (Wildman–Crippen LogP) is 0.278. The van der Waals surface area contributed by atoms with Gasteiger partial charge in [-0.05, 0) is 47.8 Å². The summed E-state index contributed by atoms with van der Waals surface area (Å²) in [5, 5.41) is 10.0. The molecule has 2 bridgehead atoms. The van der Waals surface area contributed by atoms with Gasteiger partial charge in [-0.1, -0.05) is 0 Å². The van der Waals surface area contributed by atoms with Gasteiger partial charge in [0.25, 0.3) is 0 Å². The van der Waals surface area contributed by atoms with Crippen LogP contribution < -0.4 is 0 Å². The summed E-state index contributed by atoms with van der Waals surface area (Å²) < 4.78 is 5.01. The number of ether oxygens (including phenoxy) is 1. The second-order valence-electron chi connectivity index (χ2n) is 6.20. The first-order chi connectivity index (χ1) is 7.24. The van der Waals surface area contributed by atoms with Crippen LogP contribution in [0.2, 0.25) is 0 Å². The average molecular weight is 206 g/mol. The minimum atomic E-state index is -0.114. The van der Waals surface area contributed by atoms with E-state index in [1.807, 2.05) is 0 Å². The minimum absolute atomic E-state index is 0.0362. The van der Waals surface area contributed by atoms with E-state index in [2.05, 4.69) is 0 Å². The maximum Gasteiger partial charge on any atom is 0.312 e. The van der Waals surface area contributed by atoms with Gasteiger partial charge in [-0.25, -0.2) is 0 Å². The number of aliphatic hydroxyl groups excluding tert-OH is 1. The number of carbonyl (C=O) groups excluding carboxylic acids is 1. The van der Waals surface area contributed by atoms with Gasteiger partial charge in [0.2, 0.25) is 0 Å². The van der Waals surface area contributed by atoms with Gasteiger partial charge in [0.05, 0.1) is 18.6 Å². The number of carbonyl (C=O) groups is 1. The Kier molecular flexibility index (Phi) is 0.894. The molecule has 0 saturated heterocycles. The lowest BCUT2D eigenvalue weighted by molar-refractivity contribution is -0.148. The van der Waals surface area contributed by atoms with Crippen molar-refractivity contribution in [2.24, 2.45) is 46.8 Å². The Balaban J connectivity index is 1.69. The highest BCUT2D eigenvalue weighted by Crippen LogP contribution is 2.97. The van der Waals surface area contributed by atoms with Crippen molar-refractivity contribution in [3.63, 3.8) is 0 Å². The fraction of sp³-hybridized carbons (Fsp3) is 0.917. The minimum Gasteiger partial charge on any atom is -0.469 e. The van der Waals surface area contributed by atoms with E-state index >= 15 is 0 Å². The molecule has 3 heteroatoms. The zero-order valence-electron chi connectivity index (χ0n) is 8.59. The van der Waals surface area contributed by atoms with Gasteiger partial charge in [-0.15, -0.1) is 0 Å². The van der Waals surface area contributed by atoms with Crippen LogP contribution in [0.3, 0.4) is 0 Å². The number of fused-ring (bicyclic) bond motifs is 1. The van der Waals surface area contributed by atoms with Crippen molar-refractivity contribution in [3.05, 3.63) is 0 Å². The van der Waals surface area contributed by atoms with Crippen LogP contribution in [0.1, 0.15) is 6.42 Å². The molecule has 0 aromatic carbocycles. The summed E-state index contributed by atoms with van der Waals surface area (Å²) in [5.41, 5.74) is -0.100. The first-order valence-electron chi connectivity index (χ1n) is 6.01. The lowest BCUT2D eigenvalue weighted by atomic mass is 9.69. The summed E-state index contributed by atoms with van der Waals surface area (Å²) in [6.07, 6.45) is 0.846. The standard InChI is InChI=1S/C12H14O3/c1-15-11(14)12-8-3-2-4(13)6(10(8)12)7-5(3)9(7)12/h3-10,13H,2H2,1H3/t3?,4-,5?,6?,7?,8?,9?,10?,12?/m1/s1. The molecule has 0 radical (unpaired) electrons. The molecular formula is C12H14O3. The molecule has 9 atom stereocenters. The van der Waals surface area contributed by atoms with E-state index in [0.717, 1.165) is 12.3 Å². The molecule has 0 aliphatic heterocycles. The molecule has 0 aromatic rings. The van der Waals surface area contributed by atoms with Crippen molar-refractivity contribution in [3.8, 4) is 0 Å². The highest BCUT2D eigenvalue weighted by Gasteiger charge is 2.99. The molecular weight excluding hydrogens is 192 g/mol. The molecule has 80 valence electrons. The van der Waals surface area contributed by atoms with Gasteiger partial charge in [0.15, 0.2) is 0 Å². The Morgan fingerprint density at radius 1 is 1.27 bits per heavy atom. The molecule has 0 aromatic heterocycles. The van der Waals surface area contributed by atoms with Crippen molar-refractivity contribution >= 4 is 5.97 Å². The summed E-state index contributed by atoms with van der Waals surface area (Å²) >= 11 is 0. The molecule has 6 aliphatic rings. The molecule has 8 unspecified atom stereocenters. The number of hydrogen-bond donors (Lipinski definition) is 1. The molecule has 6 rings (SSSR count). The normalized spacial score (nSPS) is 74.3. The second kappa shape index (κ2) is 1.75. The van der Waals surface area contributed by atoms with E-state index < -0.39 is 0 Å². The average Bonchev–Trinajstić information content (AvgIpc) is 3.06. The van der Waals surface area contributed by atoms with Gasteiger partial charge >= 0.3 is 5.97 Å². The number of methoxy groups -OCH3 is 1. The molecule has 3 nitrogen and oxygen atoms in total. The summed E-state index contributed by atoms with van der Waals surface area (Å²) in [6, 6.07) is 0. The second-order valence-corrected chi connectivity index (χ2v) is 6.20. The Labute approximate surface area is 87.8 Å². The van der Waals surface area contributed by atoms with Crippen LogP contribution in [0, 0.1) is 46.8 Å². The van der Waals surface area contributed by atoms with Crippen molar-refractivity contribution in [2.75, 3.05) is 7.11 Å². The molecule has 0 spiro atoms. The molecule has 1 N–H and O–H groups in total. The van der Waals surface area contributed by atoms with E-state index in [9.17, 15) is 9.90 Å². The van der Waals surface area contributed by atoms with Crippen molar-refractivity contribution < 1.29 is 14.6 Å². The first kappa shape index (κ1) is 7.66. The fourth-order valence-electron chi connectivity index (χ4n) is 6.43. The van der Waals surface area contributed by atoms with Gasteiger partial charge in [-0.2, -0.15) is 0 Å². The van der Waals surface area contributed by atoms with Crippen molar-refractivity contribution in [2.45, 2.75) is 12.5 Å². The Hall–Kier alpha value is -0.570. The van der Waals surface area contributed by atoms with Crippen LogP contribution in [0.15, 0.2) is 0 Å². The maximum absolute atomic E-state index is 12.0. The molecule has 6 fully saturated rings. The van der Waals surface area contributed by atoms with E-state index in [1.165, 1.54) is 7.11 Å². The van der Waals surface area contributed by atoms with Gasteiger partial charge < -0.3 is 9.84 Å². The number of esters is 1. The molecule has 0 amide bonds. The first-order valence-corrected chi connectivity index (χ1v) is 6.01. The summed E-state index contributed by atoms with van der Waals surface area (Å²) in [4.78, 5) is 12.0. The monoisotopic (exact) mass is 206 g/mol. The zero-order valence-corrected chi connectivity index (χ0v) is 8.59. The Morgan fingerprint density at radius 3 is 2.67 bits per heavy atom. The summed E-state index contributed by atoms with van der Waals surface area (Å²) in [6.45, 7) is 0. The van der Waals surface area contributed by atoms with Crippen LogP contribution >= 0.6 is 0 Å². The van der Waals surface area contributed by atoms with Gasteiger partial charge in [0, 0.05) is 0 Å². The Morgan fingerprint density at radius 2 is 2.07 bits per heavy atom. The fourth-order valence-corrected chi connectivity index (χ4v) is 6.43. The lowest BCUT2D eigenvalue weighted by Crippen LogP contribution is -2.39. The van der Waals surface area contributed by atoms with Crippen LogP contribution in [-0.2, 0) is 9.53 Å². The van der Waals surface area contributed by atoms with E-state index in [-0.39, 0.29) is 17.5 Å². The van der Waals surface area contributed by atoms with E-state index in [4.69, 9.17) is 4.74 Å². The highest BCUT2D eigenvalue weighted by molar-refractivity contribution is 5.86. The highest BCUT2D eigenvalue weighted by atomic mass is 16.5. The van der Waals surface area contributed by atoms with Gasteiger partial charge in [0.1, 0.15) is 0 Å². The largest absolute Gasteiger partial charge is 0.469 e. The van der Waals surface area contributed by atoms with Crippen LogP contribution in [0.25, 0.3) is 0 Å². The number of hydrogen-bond acceptors (Lipinski definition) is 3. The Bertz CT molecular complexity index is 402. The molecule has 0 heterocycles. The molecule has 6 aliphatic carbocycles.